The monoisotopic (exact) mass is 437 g/mol. The van der Waals surface area contributed by atoms with Crippen LogP contribution in [0.1, 0.15) is 33.1 Å². The van der Waals surface area contributed by atoms with Crippen molar-refractivity contribution in [2.24, 2.45) is 0 Å². The maximum Gasteiger partial charge on any atom is 0.272 e. The smallest absolute Gasteiger partial charge is 0.272 e. The number of aromatic nitrogens is 1. The molecule has 2 aromatic carbocycles. The molecule has 1 N–H and O–H groups in total. The Hall–Kier alpha value is -3.95. The lowest BCUT2D eigenvalue weighted by Gasteiger charge is -2.58. The van der Waals surface area contributed by atoms with Gasteiger partial charge in [-0.05, 0) is 42.0 Å². The highest BCUT2D eigenvalue weighted by atomic mass is 16.3. The van der Waals surface area contributed by atoms with Crippen molar-refractivity contribution in [2.75, 3.05) is 19.7 Å². The van der Waals surface area contributed by atoms with Crippen LogP contribution in [-0.4, -0.2) is 63.5 Å². The predicted octanol–water partition coefficient (Wildman–Crippen LogP) is 2.29. The van der Waals surface area contributed by atoms with Gasteiger partial charge in [-0.2, -0.15) is 0 Å². The Kier molecular flexibility index (Phi) is 5.64. The Labute approximate surface area is 192 Å². The first-order valence-electron chi connectivity index (χ1n) is 10.9. The third-order valence-corrected chi connectivity index (χ3v) is 6.34. The van der Waals surface area contributed by atoms with Gasteiger partial charge in [0.05, 0.1) is 18.7 Å². The summed E-state index contributed by atoms with van der Waals surface area (Å²) in [6.07, 6.45) is 1.57. The van der Waals surface area contributed by atoms with Crippen molar-refractivity contribution in [2.45, 2.75) is 18.0 Å². The molecule has 5 rings (SSSR count). The number of aliphatic hydroxyl groups is 1. The minimum atomic E-state index is -0.282. The number of nitrogens with zero attached hydrogens (tertiary/aromatic N) is 3. The molecule has 164 valence electrons. The van der Waals surface area contributed by atoms with Crippen molar-refractivity contribution >= 4 is 11.8 Å². The van der Waals surface area contributed by atoms with Gasteiger partial charge in [0.15, 0.2) is 0 Å². The normalized spacial score (nSPS) is 21.5. The van der Waals surface area contributed by atoms with Gasteiger partial charge in [0.1, 0.15) is 12.2 Å². The van der Waals surface area contributed by atoms with E-state index in [1.807, 2.05) is 54.6 Å². The van der Waals surface area contributed by atoms with Crippen LogP contribution in [-0.2, 0) is 4.79 Å². The van der Waals surface area contributed by atoms with E-state index in [-0.39, 0.29) is 43.0 Å². The second-order valence-corrected chi connectivity index (χ2v) is 8.28. The minimum Gasteiger partial charge on any atom is -0.394 e. The van der Waals surface area contributed by atoms with Crippen molar-refractivity contribution in [1.29, 1.82) is 0 Å². The average molecular weight is 437 g/mol. The number of piperazine rings is 1. The van der Waals surface area contributed by atoms with Crippen molar-refractivity contribution in [3.8, 4) is 11.8 Å². The molecule has 0 aliphatic carbocycles. The molecule has 0 unspecified atom stereocenters. The van der Waals surface area contributed by atoms with Crippen LogP contribution in [0.15, 0.2) is 79.0 Å². The zero-order valence-electron chi connectivity index (χ0n) is 18.0. The number of aliphatic hydroxyl groups excluding tert-OH is 1. The van der Waals surface area contributed by atoms with E-state index in [2.05, 4.69) is 16.8 Å². The summed E-state index contributed by atoms with van der Waals surface area (Å²) in [7, 11) is 0. The summed E-state index contributed by atoms with van der Waals surface area (Å²) in [5, 5.41) is 9.99. The topological polar surface area (TPSA) is 73.7 Å². The van der Waals surface area contributed by atoms with Gasteiger partial charge in [-0.3, -0.25) is 14.6 Å². The number of fused-ring (bicyclic) bond motifs is 1. The first kappa shape index (κ1) is 20.9. The van der Waals surface area contributed by atoms with Gasteiger partial charge in [-0.25, -0.2) is 0 Å². The van der Waals surface area contributed by atoms with Crippen LogP contribution in [0.25, 0.3) is 0 Å². The predicted molar refractivity (Wildman–Crippen MR) is 123 cm³/mol. The van der Waals surface area contributed by atoms with Crippen LogP contribution >= 0.6 is 0 Å². The number of rotatable bonds is 3. The number of pyridine rings is 1. The van der Waals surface area contributed by atoms with Crippen molar-refractivity contribution in [3.63, 3.8) is 0 Å². The summed E-state index contributed by atoms with van der Waals surface area (Å²) in [5.41, 5.74) is 3.20. The van der Waals surface area contributed by atoms with E-state index in [0.717, 1.165) is 16.7 Å². The molecule has 6 heteroatoms. The van der Waals surface area contributed by atoms with E-state index in [9.17, 15) is 14.7 Å². The lowest BCUT2D eigenvalue weighted by atomic mass is 9.73. The maximum atomic E-state index is 12.9. The van der Waals surface area contributed by atoms with Gasteiger partial charge >= 0.3 is 0 Å². The molecule has 0 bridgehead atoms. The number of benzene rings is 2. The highest BCUT2D eigenvalue weighted by Gasteiger charge is 2.54. The van der Waals surface area contributed by atoms with Gasteiger partial charge in [-0.1, -0.05) is 48.2 Å². The molecule has 2 amide bonds. The fraction of sp³-hybridized carbons (Fsp3) is 0.222. The van der Waals surface area contributed by atoms with Crippen LogP contribution in [0.4, 0.5) is 0 Å². The fourth-order valence-corrected chi connectivity index (χ4v) is 4.76. The van der Waals surface area contributed by atoms with Crippen molar-refractivity contribution in [1.82, 2.24) is 14.8 Å². The molecular formula is C27H23N3O3. The van der Waals surface area contributed by atoms with E-state index in [1.54, 1.807) is 34.2 Å². The van der Waals surface area contributed by atoms with Gasteiger partial charge < -0.3 is 14.9 Å². The summed E-state index contributed by atoms with van der Waals surface area (Å²) in [6.45, 7) is 0.303. The zero-order valence-corrected chi connectivity index (χ0v) is 18.0. The van der Waals surface area contributed by atoms with Crippen LogP contribution in [0.3, 0.4) is 0 Å². The van der Waals surface area contributed by atoms with E-state index in [4.69, 9.17) is 0 Å². The first-order chi connectivity index (χ1) is 16.2. The van der Waals surface area contributed by atoms with E-state index in [1.165, 1.54) is 0 Å². The first-order valence-corrected chi connectivity index (χ1v) is 10.9. The molecule has 2 aliphatic heterocycles. The average Bonchev–Trinajstić information content (AvgIpc) is 2.85. The van der Waals surface area contributed by atoms with Crippen molar-refractivity contribution in [3.05, 3.63) is 101 Å². The Balaban J connectivity index is 1.35. The standard InChI is InChI=1S/C27H23N3O3/c31-18-24-26(21-13-11-20(12-14-21)10-9-19-6-2-1-3-7-19)23-16-29(17-25(32)30(23)24)27(33)22-8-4-5-15-28-22/h1-8,11-15,23-24,26,31H,16-18H2/t23-,24+,26+/m0/s1. The lowest BCUT2D eigenvalue weighted by molar-refractivity contribution is -0.159. The zero-order chi connectivity index (χ0) is 22.8. The van der Waals surface area contributed by atoms with Crippen LogP contribution in [0, 0.1) is 11.8 Å². The van der Waals surface area contributed by atoms with Crippen LogP contribution < -0.4 is 0 Å². The lowest BCUT2D eigenvalue weighted by Crippen LogP contribution is -2.73. The number of carbonyl (C=O) groups excluding carboxylic acids is 2. The highest BCUT2D eigenvalue weighted by molar-refractivity contribution is 5.96. The number of hydrogen-bond acceptors (Lipinski definition) is 4. The fourth-order valence-electron chi connectivity index (χ4n) is 4.76. The van der Waals surface area contributed by atoms with Gasteiger partial charge in [0, 0.05) is 29.8 Å². The quantitative estimate of drug-likeness (QED) is 0.638. The van der Waals surface area contributed by atoms with E-state index in [0.29, 0.717) is 12.2 Å². The van der Waals surface area contributed by atoms with Gasteiger partial charge in [-0.15, -0.1) is 0 Å². The Morgan fingerprint density at radius 2 is 1.67 bits per heavy atom. The highest BCUT2D eigenvalue weighted by Crippen LogP contribution is 2.43. The molecule has 0 radical (unpaired) electrons. The molecule has 1 aromatic heterocycles. The van der Waals surface area contributed by atoms with E-state index >= 15 is 0 Å². The number of amides is 2. The molecule has 0 saturated carbocycles. The molecule has 3 aromatic rings. The summed E-state index contributed by atoms with van der Waals surface area (Å²) in [5.74, 6) is 5.88. The van der Waals surface area contributed by atoms with Gasteiger partial charge in [0.2, 0.25) is 5.91 Å². The Bertz CT molecular complexity index is 1220. The molecule has 2 aliphatic rings. The van der Waals surface area contributed by atoms with Gasteiger partial charge in [0.25, 0.3) is 5.91 Å². The molecule has 3 atom stereocenters. The molecule has 6 nitrogen and oxygen atoms in total. The molecule has 0 spiro atoms. The SMILES string of the molecule is O=C(c1ccccn1)N1CC(=O)N2[C@H](CO)[C@H](c3ccc(C#Cc4ccccc4)cc3)[C@@H]2C1. The molecule has 2 saturated heterocycles. The number of hydrogen-bond donors (Lipinski definition) is 1. The second kappa shape index (κ2) is 8.89. The maximum absolute atomic E-state index is 12.9. The van der Waals surface area contributed by atoms with Crippen molar-refractivity contribution < 1.29 is 14.7 Å². The summed E-state index contributed by atoms with van der Waals surface area (Å²) < 4.78 is 0. The Morgan fingerprint density at radius 3 is 2.33 bits per heavy atom. The summed E-state index contributed by atoms with van der Waals surface area (Å²) in [6, 6.07) is 22.5. The minimum absolute atomic E-state index is 0.00312. The summed E-state index contributed by atoms with van der Waals surface area (Å²) in [4.78, 5) is 33.1. The van der Waals surface area contributed by atoms with Crippen LogP contribution in [0.5, 0.6) is 0 Å². The largest absolute Gasteiger partial charge is 0.394 e. The summed E-state index contributed by atoms with van der Waals surface area (Å²) >= 11 is 0. The molecule has 3 heterocycles. The third kappa shape index (κ3) is 3.99. The number of carbonyl (C=O) groups is 2. The third-order valence-electron chi connectivity index (χ3n) is 6.34. The van der Waals surface area contributed by atoms with E-state index < -0.39 is 0 Å². The molecule has 33 heavy (non-hydrogen) atoms. The second-order valence-electron chi connectivity index (χ2n) is 8.28. The molecule has 2 fully saturated rings. The van der Waals surface area contributed by atoms with Crippen LogP contribution in [0.2, 0.25) is 0 Å². The molecular weight excluding hydrogens is 414 g/mol. The Morgan fingerprint density at radius 1 is 0.970 bits per heavy atom.